The molecule has 1 aromatic carbocycles. The van der Waals surface area contributed by atoms with E-state index in [1.807, 2.05) is 18.2 Å². The number of ether oxygens (including phenoxy) is 1. The van der Waals surface area contributed by atoms with Gasteiger partial charge in [-0.05, 0) is 30.5 Å². The third-order valence-electron chi connectivity index (χ3n) is 4.33. The molecule has 0 bridgehead atoms. The third kappa shape index (κ3) is 3.29. The van der Waals surface area contributed by atoms with E-state index in [-0.39, 0.29) is 11.6 Å². The van der Waals surface area contributed by atoms with Crippen molar-refractivity contribution in [3.8, 4) is 0 Å². The van der Waals surface area contributed by atoms with Gasteiger partial charge in [0.15, 0.2) is 0 Å². The monoisotopic (exact) mass is 316 g/mol. The Hall–Kier alpha value is -0.320. The van der Waals surface area contributed by atoms with Crippen LogP contribution in [0.5, 0.6) is 0 Å². The second-order valence-electron chi connectivity index (χ2n) is 5.46. The Morgan fingerprint density at radius 1 is 1.15 bits per heavy atom. The van der Waals surface area contributed by atoms with Gasteiger partial charge in [-0.2, -0.15) is 0 Å². The van der Waals surface area contributed by atoms with Gasteiger partial charge in [0.2, 0.25) is 0 Å². The summed E-state index contributed by atoms with van der Waals surface area (Å²) in [4.78, 5) is 0. The maximum absolute atomic E-state index is 6.13. The lowest BCUT2D eigenvalue weighted by molar-refractivity contribution is -0.0541. The van der Waals surface area contributed by atoms with Gasteiger partial charge in [0.25, 0.3) is 0 Å². The molecule has 1 aromatic rings. The average molecular weight is 317 g/mol. The predicted molar refractivity (Wildman–Crippen MR) is 84.0 cm³/mol. The van der Waals surface area contributed by atoms with Gasteiger partial charge in [-0.15, -0.1) is 0 Å². The van der Waals surface area contributed by atoms with Crippen molar-refractivity contribution in [2.75, 3.05) is 7.11 Å². The van der Waals surface area contributed by atoms with Gasteiger partial charge >= 0.3 is 0 Å². The van der Waals surface area contributed by atoms with Crippen LogP contribution in [0.25, 0.3) is 0 Å². The molecular formula is C15H22Cl2N2O. The first-order valence-electron chi connectivity index (χ1n) is 7.09. The first kappa shape index (κ1) is 16.1. The Bertz CT molecular complexity index is 445. The normalized spacial score (nSPS) is 20.4. The van der Waals surface area contributed by atoms with Gasteiger partial charge in [0, 0.05) is 7.11 Å². The molecule has 0 aliphatic heterocycles. The molecule has 2 rings (SSSR count). The molecule has 1 fully saturated rings. The molecule has 1 aliphatic rings. The van der Waals surface area contributed by atoms with Crippen LogP contribution in [0.3, 0.4) is 0 Å². The molecule has 0 radical (unpaired) electrons. The number of nitrogens with one attached hydrogen (secondary N) is 1. The van der Waals surface area contributed by atoms with Crippen LogP contribution in [-0.2, 0) is 4.74 Å². The Morgan fingerprint density at radius 3 is 2.30 bits per heavy atom. The molecule has 0 heterocycles. The standard InChI is InChI=1S/C15H22Cl2N2O/c1-20-15(8-4-2-3-5-9-15)14(19-18)11-6-7-12(16)13(17)10-11/h6-7,10,14,19H,2-5,8-9,18H2,1H3. The number of hydrogen-bond acceptors (Lipinski definition) is 3. The zero-order valence-electron chi connectivity index (χ0n) is 11.8. The van der Waals surface area contributed by atoms with Gasteiger partial charge in [0.1, 0.15) is 0 Å². The molecule has 3 N–H and O–H groups in total. The highest BCUT2D eigenvalue weighted by molar-refractivity contribution is 6.42. The van der Waals surface area contributed by atoms with Gasteiger partial charge in [-0.3, -0.25) is 11.3 Å². The van der Waals surface area contributed by atoms with Crippen LogP contribution in [0.15, 0.2) is 18.2 Å². The zero-order chi connectivity index (χ0) is 14.6. The van der Waals surface area contributed by atoms with Crippen LogP contribution < -0.4 is 11.3 Å². The molecule has 1 unspecified atom stereocenters. The van der Waals surface area contributed by atoms with Crippen molar-refractivity contribution in [2.24, 2.45) is 5.84 Å². The van der Waals surface area contributed by atoms with Gasteiger partial charge in [-0.1, -0.05) is 55.0 Å². The molecule has 0 saturated heterocycles. The predicted octanol–water partition coefficient (Wildman–Crippen LogP) is 4.24. The second-order valence-corrected chi connectivity index (χ2v) is 6.27. The fourth-order valence-corrected chi connectivity index (χ4v) is 3.49. The highest BCUT2D eigenvalue weighted by atomic mass is 35.5. The summed E-state index contributed by atoms with van der Waals surface area (Å²) in [5, 5.41) is 1.10. The minimum absolute atomic E-state index is 0.0830. The van der Waals surface area contributed by atoms with Crippen molar-refractivity contribution >= 4 is 23.2 Å². The Kier molecular flexibility index (Phi) is 5.70. The maximum Gasteiger partial charge on any atom is 0.0885 e. The number of nitrogens with two attached hydrogens (primary N) is 1. The summed E-state index contributed by atoms with van der Waals surface area (Å²) in [6, 6.07) is 5.56. The SMILES string of the molecule is COC1(C(NN)c2ccc(Cl)c(Cl)c2)CCCCCC1. The number of rotatable bonds is 4. The first-order valence-corrected chi connectivity index (χ1v) is 7.85. The smallest absolute Gasteiger partial charge is 0.0885 e. The van der Waals surface area contributed by atoms with E-state index in [4.69, 9.17) is 33.8 Å². The van der Waals surface area contributed by atoms with E-state index in [1.54, 1.807) is 7.11 Å². The van der Waals surface area contributed by atoms with Crippen molar-refractivity contribution in [3.63, 3.8) is 0 Å². The lowest BCUT2D eigenvalue weighted by atomic mass is 9.82. The van der Waals surface area contributed by atoms with E-state index >= 15 is 0 Å². The summed E-state index contributed by atoms with van der Waals surface area (Å²) in [6.45, 7) is 0. The summed E-state index contributed by atoms with van der Waals surface area (Å²) in [7, 11) is 1.77. The Balaban J connectivity index is 2.34. The minimum Gasteiger partial charge on any atom is -0.376 e. The Labute approximate surface area is 130 Å². The van der Waals surface area contributed by atoms with Gasteiger partial charge in [-0.25, -0.2) is 0 Å². The third-order valence-corrected chi connectivity index (χ3v) is 5.07. The fraction of sp³-hybridized carbons (Fsp3) is 0.600. The summed E-state index contributed by atoms with van der Waals surface area (Å²) in [5.41, 5.74) is 3.67. The summed E-state index contributed by atoms with van der Waals surface area (Å²) < 4.78 is 5.92. The molecule has 0 amide bonds. The first-order chi connectivity index (χ1) is 9.63. The molecule has 1 aliphatic carbocycles. The van der Waals surface area contributed by atoms with E-state index in [0.717, 1.165) is 31.2 Å². The molecule has 1 atom stereocenters. The molecule has 0 spiro atoms. The van der Waals surface area contributed by atoms with Crippen LogP contribution in [0.4, 0.5) is 0 Å². The van der Waals surface area contributed by atoms with Gasteiger partial charge < -0.3 is 4.74 Å². The largest absolute Gasteiger partial charge is 0.376 e. The number of hydrazine groups is 1. The summed E-state index contributed by atoms with van der Waals surface area (Å²) in [5.74, 6) is 5.83. The maximum atomic E-state index is 6.13. The van der Waals surface area contributed by atoms with Gasteiger partial charge in [0.05, 0.1) is 21.7 Å². The average Bonchev–Trinajstić information content (AvgIpc) is 2.70. The van der Waals surface area contributed by atoms with Crippen molar-refractivity contribution in [1.82, 2.24) is 5.43 Å². The number of methoxy groups -OCH3 is 1. The van der Waals surface area contributed by atoms with E-state index in [0.29, 0.717) is 10.0 Å². The zero-order valence-corrected chi connectivity index (χ0v) is 13.3. The fourth-order valence-electron chi connectivity index (χ4n) is 3.18. The van der Waals surface area contributed by atoms with Crippen LogP contribution >= 0.6 is 23.2 Å². The highest BCUT2D eigenvalue weighted by Gasteiger charge is 2.39. The van der Waals surface area contributed by atoms with Crippen LogP contribution in [-0.4, -0.2) is 12.7 Å². The summed E-state index contributed by atoms with van der Waals surface area (Å²) >= 11 is 12.1. The summed E-state index contributed by atoms with van der Waals surface area (Å²) in [6.07, 6.45) is 6.82. The Morgan fingerprint density at radius 2 is 1.80 bits per heavy atom. The second kappa shape index (κ2) is 7.10. The van der Waals surface area contributed by atoms with Crippen molar-refractivity contribution < 1.29 is 4.74 Å². The topological polar surface area (TPSA) is 47.3 Å². The molecule has 5 heteroatoms. The van der Waals surface area contributed by atoms with Crippen LogP contribution in [0, 0.1) is 0 Å². The van der Waals surface area contributed by atoms with Crippen LogP contribution in [0.2, 0.25) is 10.0 Å². The lowest BCUT2D eigenvalue weighted by Gasteiger charge is -2.39. The van der Waals surface area contributed by atoms with E-state index in [2.05, 4.69) is 5.43 Å². The van der Waals surface area contributed by atoms with Crippen molar-refractivity contribution in [1.29, 1.82) is 0 Å². The quantitative estimate of drug-likeness (QED) is 0.496. The lowest BCUT2D eigenvalue weighted by Crippen LogP contribution is -2.47. The van der Waals surface area contributed by atoms with E-state index < -0.39 is 0 Å². The van der Waals surface area contributed by atoms with E-state index in [1.165, 1.54) is 12.8 Å². The minimum atomic E-state index is -0.275. The van der Waals surface area contributed by atoms with Crippen molar-refractivity contribution in [3.05, 3.63) is 33.8 Å². The number of hydrogen-bond donors (Lipinski definition) is 2. The molecule has 20 heavy (non-hydrogen) atoms. The number of halogens is 2. The van der Waals surface area contributed by atoms with Crippen molar-refractivity contribution in [2.45, 2.75) is 50.2 Å². The molecular weight excluding hydrogens is 295 g/mol. The molecule has 3 nitrogen and oxygen atoms in total. The molecule has 1 saturated carbocycles. The molecule has 112 valence electrons. The molecule has 0 aromatic heterocycles. The van der Waals surface area contributed by atoms with E-state index in [9.17, 15) is 0 Å². The highest BCUT2D eigenvalue weighted by Crippen LogP contribution is 2.40. The number of benzene rings is 1. The van der Waals surface area contributed by atoms with Crippen LogP contribution in [0.1, 0.15) is 50.1 Å².